The smallest absolute Gasteiger partial charge is 0.0514 e. The van der Waals surface area contributed by atoms with E-state index in [2.05, 4.69) is 22.7 Å². The van der Waals surface area contributed by atoms with Gasteiger partial charge in [0.2, 0.25) is 0 Å². The molecule has 1 unspecified atom stereocenters. The zero-order valence-corrected chi connectivity index (χ0v) is 7.45. The molecule has 0 spiro atoms. The molecule has 0 saturated carbocycles. The van der Waals surface area contributed by atoms with Crippen molar-refractivity contribution in [2.24, 2.45) is 0 Å². The van der Waals surface area contributed by atoms with Gasteiger partial charge in [0.15, 0.2) is 0 Å². The lowest BCUT2D eigenvalue weighted by atomic mass is 10.2. The molecule has 0 aromatic carbocycles. The van der Waals surface area contributed by atoms with Crippen molar-refractivity contribution in [1.82, 2.24) is 9.69 Å². The Bertz CT molecular complexity index is 238. The number of hydrogen-bond acceptors (Lipinski definition) is 3. The number of hydrogen-bond donors (Lipinski definition) is 1. The van der Waals surface area contributed by atoms with E-state index in [0.717, 1.165) is 5.69 Å². The molecular formula is C8H12N2S. The second-order valence-electron chi connectivity index (χ2n) is 3.02. The van der Waals surface area contributed by atoms with E-state index in [-0.39, 0.29) is 0 Å². The Morgan fingerprint density at radius 2 is 2.64 bits per heavy atom. The van der Waals surface area contributed by atoms with E-state index >= 15 is 0 Å². The Morgan fingerprint density at radius 1 is 1.73 bits per heavy atom. The SMILES string of the molecule is Cc1cc(C2CCCN2)sn1. The maximum Gasteiger partial charge on any atom is 0.0514 e. The van der Waals surface area contributed by atoms with Crippen molar-refractivity contribution >= 4 is 11.5 Å². The third-order valence-corrected chi connectivity index (χ3v) is 3.04. The summed E-state index contributed by atoms with van der Waals surface area (Å²) < 4.78 is 4.26. The van der Waals surface area contributed by atoms with Crippen LogP contribution in [0.4, 0.5) is 0 Å². The summed E-state index contributed by atoms with van der Waals surface area (Å²) in [5.74, 6) is 0. The van der Waals surface area contributed by atoms with Gasteiger partial charge in [-0.25, -0.2) is 0 Å². The highest BCUT2D eigenvalue weighted by Crippen LogP contribution is 2.26. The molecule has 1 atom stereocenters. The first-order chi connectivity index (χ1) is 5.36. The van der Waals surface area contributed by atoms with Crippen LogP contribution in [-0.2, 0) is 0 Å². The molecule has 1 aromatic heterocycles. The molecule has 1 aliphatic rings. The molecule has 1 aromatic rings. The van der Waals surface area contributed by atoms with Crippen molar-refractivity contribution in [3.63, 3.8) is 0 Å². The largest absolute Gasteiger partial charge is 0.309 e. The predicted octanol–water partition coefficient (Wildman–Crippen LogP) is 1.88. The normalized spacial score (nSPS) is 24.3. The maximum atomic E-state index is 4.26. The number of nitrogens with one attached hydrogen (secondary N) is 1. The van der Waals surface area contributed by atoms with Crippen LogP contribution in [0, 0.1) is 6.92 Å². The van der Waals surface area contributed by atoms with Gasteiger partial charge >= 0.3 is 0 Å². The third-order valence-electron chi connectivity index (χ3n) is 2.05. The monoisotopic (exact) mass is 168 g/mol. The van der Waals surface area contributed by atoms with Gasteiger partial charge < -0.3 is 5.32 Å². The summed E-state index contributed by atoms with van der Waals surface area (Å²) in [7, 11) is 0. The Balaban J connectivity index is 2.15. The van der Waals surface area contributed by atoms with Crippen molar-refractivity contribution in [3.8, 4) is 0 Å². The van der Waals surface area contributed by atoms with Gasteiger partial charge in [0.1, 0.15) is 0 Å². The zero-order chi connectivity index (χ0) is 7.68. The summed E-state index contributed by atoms with van der Waals surface area (Å²) in [6.07, 6.45) is 2.59. The molecule has 0 amide bonds. The topological polar surface area (TPSA) is 24.9 Å². The van der Waals surface area contributed by atoms with Crippen LogP contribution < -0.4 is 5.32 Å². The first-order valence-corrected chi connectivity index (χ1v) is 4.80. The average Bonchev–Trinajstić information content (AvgIpc) is 2.55. The molecule has 1 N–H and O–H groups in total. The molecule has 0 radical (unpaired) electrons. The summed E-state index contributed by atoms with van der Waals surface area (Å²) in [6, 6.07) is 2.79. The summed E-state index contributed by atoms with van der Waals surface area (Å²) in [6.45, 7) is 3.22. The van der Waals surface area contributed by atoms with E-state index in [1.807, 2.05) is 0 Å². The first-order valence-electron chi connectivity index (χ1n) is 4.03. The van der Waals surface area contributed by atoms with E-state index in [4.69, 9.17) is 0 Å². The van der Waals surface area contributed by atoms with Crippen LogP contribution in [-0.4, -0.2) is 10.9 Å². The third kappa shape index (κ3) is 1.44. The maximum absolute atomic E-state index is 4.26. The molecule has 3 heteroatoms. The lowest BCUT2D eigenvalue weighted by Gasteiger charge is -2.04. The number of nitrogens with zero attached hydrogens (tertiary/aromatic N) is 1. The van der Waals surface area contributed by atoms with E-state index in [0.29, 0.717) is 6.04 Å². The highest BCUT2D eigenvalue weighted by Gasteiger charge is 2.17. The van der Waals surface area contributed by atoms with Gasteiger partial charge in [-0.1, -0.05) is 0 Å². The van der Waals surface area contributed by atoms with Gasteiger partial charge in [-0.3, -0.25) is 0 Å². The predicted molar refractivity (Wildman–Crippen MR) is 46.8 cm³/mol. The molecule has 0 bridgehead atoms. The standard InChI is InChI=1S/C8H12N2S/c1-6-5-8(11-10-6)7-3-2-4-9-7/h5,7,9H,2-4H2,1H3. The van der Waals surface area contributed by atoms with Crippen molar-refractivity contribution < 1.29 is 0 Å². The number of rotatable bonds is 1. The van der Waals surface area contributed by atoms with Crippen molar-refractivity contribution in [3.05, 3.63) is 16.6 Å². The van der Waals surface area contributed by atoms with Gasteiger partial charge in [-0.2, -0.15) is 4.37 Å². The molecular weight excluding hydrogens is 156 g/mol. The van der Waals surface area contributed by atoms with Crippen LogP contribution in [0.2, 0.25) is 0 Å². The van der Waals surface area contributed by atoms with E-state index in [9.17, 15) is 0 Å². The molecule has 2 nitrogen and oxygen atoms in total. The summed E-state index contributed by atoms with van der Waals surface area (Å²) in [5.41, 5.74) is 1.15. The summed E-state index contributed by atoms with van der Waals surface area (Å²) in [5, 5.41) is 3.46. The Morgan fingerprint density at radius 3 is 3.18 bits per heavy atom. The minimum Gasteiger partial charge on any atom is -0.309 e. The molecule has 2 rings (SSSR count). The van der Waals surface area contributed by atoms with Crippen LogP contribution in [0.5, 0.6) is 0 Å². The van der Waals surface area contributed by atoms with Crippen LogP contribution in [0.15, 0.2) is 6.07 Å². The van der Waals surface area contributed by atoms with Crippen LogP contribution in [0.3, 0.4) is 0 Å². The van der Waals surface area contributed by atoms with Crippen molar-refractivity contribution in [2.45, 2.75) is 25.8 Å². The van der Waals surface area contributed by atoms with Gasteiger partial charge in [0.25, 0.3) is 0 Å². The van der Waals surface area contributed by atoms with Crippen LogP contribution in [0.25, 0.3) is 0 Å². The van der Waals surface area contributed by atoms with Crippen molar-refractivity contribution in [2.75, 3.05) is 6.54 Å². The van der Waals surface area contributed by atoms with Gasteiger partial charge in [-0.15, -0.1) is 0 Å². The van der Waals surface area contributed by atoms with Crippen LogP contribution in [0.1, 0.15) is 29.5 Å². The second-order valence-corrected chi connectivity index (χ2v) is 3.86. The zero-order valence-electron chi connectivity index (χ0n) is 6.63. The molecule has 11 heavy (non-hydrogen) atoms. The summed E-state index contributed by atoms with van der Waals surface area (Å²) >= 11 is 1.63. The Kier molecular flexibility index (Phi) is 1.92. The van der Waals surface area contributed by atoms with E-state index in [1.165, 1.54) is 24.3 Å². The minimum absolute atomic E-state index is 0.598. The average molecular weight is 168 g/mol. The minimum atomic E-state index is 0.598. The molecule has 1 aliphatic heterocycles. The lowest BCUT2D eigenvalue weighted by molar-refractivity contribution is 0.659. The fraction of sp³-hybridized carbons (Fsp3) is 0.625. The lowest BCUT2D eigenvalue weighted by Crippen LogP contribution is -2.11. The number of aromatic nitrogens is 1. The second kappa shape index (κ2) is 2.91. The van der Waals surface area contributed by atoms with Gasteiger partial charge in [-0.05, 0) is 43.9 Å². The van der Waals surface area contributed by atoms with Gasteiger partial charge in [0.05, 0.1) is 5.69 Å². The fourth-order valence-electron chi connectivity index (χ4n) is 1.47. The van der Waals surface area contributed by atoms with E-state index in [1.54, 1.807) is 11.5 Å². The molecule has 2 heterocycles. The van der Waals surface area contributed by atoms with Crippen molar-refractivity contribution in [1.29, 1.82) is 0 Å². The Labute approximate surface area is 70.8 Å². The molecule has 1 saturated heterocycles. The fourth-order valence-corrected chi connectivity index (χ4v) is 2.33. The highest BCUT2D eigenvalue weighted by atomic mass is 32.1. The summed E-state index contributed by atoms with van der Waals surface area (Å²) in [4.78, 5) is 1.40. The molecule has 60 valence electrons. The highest BCUT2D eigenvalue weighted by molar-refractivity contribution is 7.05. The molecule has 0 aliphatic carbocycles. The van der Waals surface area contributed by atoms with Gasteiger partial charge in [0, 0.05) is 10.9 Å². The quantitative estimate of drug-likeness (QED) is 0.692. The van der Waals surface area contributed by atoms with E-state index < -0.39 is 0 Å². The van der Waals surface area contributed by atoms with Crippen LogP contribution >= 0.6 is 11.5 Å². The first kappa shape index (κ1) is 7.25. The molecule has 1 fully saturated rings. The number of aryl methyl sites for hydroxylation is 1. The Hall–Kier alpha value is -0.410.